The molecule has 3 nitrogen and oxygen atoms in total. The Morgan fingerprint density at radius 1 is 0.350 bits per heavy atom. The number of aliphatic hydroxyl groups excluding tert-OH is 2. The summed E-state index contributed by atoms with van der Waals surface area (Å²) < 4.78 is 7.26. The van der Waals surface area contributed by atoms with Gasteiger partial charge in [0.05, 0.1) is 24.4 Å². The maximum atomic E-state index is 11.0. The normalized spacial score (nSPS) is 60.8. The quantitative estimate of drug-likeness (QED) is 0.353. The largest absolute Gasteiger partial charge is 0.393 e. The molecule has 224 valence electrons. The number of hydrogen-bond donors (Lipinski definition) is 2. The topological polar surface area (TPSA) is 49.7 Å². The highest BCUT2D eigenvalue weighted by Gasteiger charge is 2.61. The number of hydrogen-bond acceptors (Lipinski definition) is 3. The maximum Gasteiger partial charge on any atom is 0.0612 e. The Morgan fingerprint density at radius 2 is 0.800 bits per heavy atom. The van der Waals surface area contributed by atoms with Gasteiger partial charge in [0.15, 0.2) is 0 Å². The Kier molecular flexibility index (Phi) is 6.72. The van der Waals surface area contributed by atoms with Crippen LogP contribution in [0.25, 0.3) is 0 Å². The lowest BCUT2D eigenvalue weighted by atomic mass is 9.43. The van der Waals surface area contributed by atoms with Crippen molar-refractivity contribution in [2.24, 2.45) is 82.9 Å². The predicted molar refractivity (Wildman–Crippen MR) is 157 cm³/mol. The van der Waals surface area contributed by atoms with E-state index in [1.54, 1.807) is 25.7 Å². The Bertz CT molecular complexity index is 866. The van der Waals surface area contributed by atoms with Gasteiger partial charge in [-0.3, -0.25) is 0 Å². The number of aliphatic hydroxyl groups is 2. The van der Waals surface area contributed by atoms with Gasteiger partial charge in [0.2, 0.25) is 0 Å². The van der Waals surface area contributed by atoms with Crippen LogP contribution in [0.4, 0.5) is 0 Å². The molecule has 9 fully saturated rings. The zero-order valence-corrected chi connectivity index (χ0v) is 25.1. The molecule has 1 aliphatic heterocycles. The van der Waals surface area contributed by atoms with Crippen LogP contribution in [0.1, 0.15) is 122 Å². The number of rotatable bonds is 1. The summed E-state index contributed by atoms with van der Waals surface area (Å²) in [4.78, 5) is 0. The summed E-state index contributed by atoms with van der Waals surface area (Å²) in [6.07, 6.45) is 26.5. The highest BCUT2D eigenvalue weighted by Crippen LogP contribution is 2.66. The number of ether oxygens (including phenoxy) is 1. The highest BCUT2D eigenvalue weighted by molar-refractivity contribution is 5.09. The molecule has 9 aliphatic rings. The minimum Gasteiger partial charge on any atom is -0.393 e. The highest BCUT2D eigenvalue weighted by atomic mass is 16.5. The van der Waals surface area contributed by atoms with Crippen molar-refractivity contribution in [3.05, 3.63) is 0 Å². The van der Waals surface area contributed by atoms with Crippen LogP contribution in [0, 0.1) is 82.9 Å². The molecule has 3 heteroatoms. The Morgan fingerprint density at radius 3 is 1.35 bits per heavy atom. The number of fused-ring (bicyclic) bond motifs is 6. The van der Waals surface area contributed by atoms with Crippen molar-refractivity contribution in [1.82, 2.24) is 0 Å². The summed E-state index contributed by atoms with van der Waals surface area (Å²) in [7, 11) is 0. The van der Waals surface area contributed by atoms with Crippen molar-refractivity contribution in [3.63, 3.8) is 0 Å². The van der Waals surface area contributed by atoms with Gasteiger partial charge >= 0.3 is 0 Å². The van der Waals surface area contributed by atoms with Crippen molar-refractivity contribution in [3.8, 4) is 0 Å². The van der Waals surface area contributed by atoms with Gasteiger partial charge in [0.1, 0.15) is 0 Å². The minimum absolute atomic E-state index is 0.0819. The monoisotopic (exact) mass is 550 g/mol. The van der Waals surface area contributed by atoms with Gasteiger partial charge in [0.25, 0.3) is 0 Å². The second-order valence-electron chi connectivity index (χ2n) is 17.4. The minimum atomic E-state index is -0.0819. The first-order valence-electron chi connectivity index (χ1n) is 18.6. The molecule has 14 unspecified atom stereocenters. The summed E-state index contributed by atoms with van der Waals surface area (Å²) in [5, 5.41) is 21.9. The molecule has 0 spiro atoms. The van der Waals surface area contributed by atoms with Gasteiger partial charge in [-0.25, -0.2) is 0 Å². The van der Waals surface area contributed by atoms with Gasteiger partial charge in [-0.05, 0) is 186 Å². The molecule has 0 amide bonds. The van der Waals surface area contributed by atoms with Crippen molar-refractivity contribution >= 4 is 0 Å². The third-order valence-corrected chi connectivity index (χ3v) is 16.1. The molecule has 14 atom stereocenters. The first kappa shape index (κ1) is 26.3. The van der Waals surface area contributed by atoms with Crippen LogP contribution < -0.4 is 0 Å². The average Bonchev–Trinajstić information content (AvgIpc) is 2.98. The first-order chi connectivity index (χ1) is 19.6. The molecule has 0 radical (unpaired) electrons. The lowest BCUT2D eigenvalue weighted by Crippen LogP contribution is -2.62. The lowest BCUT2D eigenvalue weighted by Gasteiger charge is -2.64. The van der Waals surface area contributed by atoms with Gasteiger partial charge < -0.3 is 14.9 Å². The van der Waals surface area contributed by atoms with Crippen molar-refractivity contribution in [1.29, 1.82) is 0 Å². The summed E-state index contributed by atoms with van der Waals surface area (Å²) in [5.41, 5.74) is 0. The van der Waals surface area contributed by atoms with Crippen molar-refractivity contribution in [2.45, 2.75) is 146 Å². The van der Waals surface area contributed by atoms with E-state index in [0.29, 0.717) is 35.9 Å². The second-order valence-corrected chi connectivity index (χ2v) is 17.4. The third kappa shape index (κ3) is 4.12. The van der Waals surface area contributed by atoms with Crippen LogP contribution in [0.15, 0.2) is 0 Å². The summed E-state index contributed by atoms with van der Waals surface area (Å²) in [6.45, 7) is 0. The van der Waals surface area contributed by atoms with Crippen LogP contribution in [0.5, 0.6) is 0 Å². The average molecular weight is 551 g/mol. The fraction of sp³-hybridized carbons (Fsp3) is 1.00. The van der Waals surface area contributed by atoms with Crippen LogP contribution >= 0.6 is 0 Å². The molecule has 0 bridgehead atoms. The molecular weight excluding hydrogens is 492 g/mol. The van der Waals surface area contributed by atoms with Gasteiger partial charge in [-0.1, -0.05) is 19.3 Å². The molecule has 0 aromatic heterocycles. The fourth-order valence-corrected chi connectivity index (χ4v) is 15.0. The molecule has 1 saturated heterocycles. The Hall–Kier alpha value is -0.120. The predicted octanol–water partition coefficient (Wildman–Crippen LogP) is 7.62. The van der Waals surface area contributed by atoms with E-state index < -0.39 is 0 Å². The molecule has 0 aromatic rings. The van der Waals surface area contributed by atoms with Gasteiger partial charge in [-0.15, -0.1) is 0 Å². The molecule has 1 heterocycles. The zero-order chi connectivity index (χ0) is 26.5. The fourth-order valence-electron chi connectivity index (χ4n) is 15.0. The molecule has 40 heavy (non-hydrogen) atoms. The van der Waals surface area contributed by atoms with Crippen LogP contribution in [0.3, 0.4) is 0 Å². The molecule has 0 aromatic carbocycles. The lowest BCUT2D eigenvalue weighted by molar-refractivity contribution is -0.242. The SMILES string of the molecule is OC1CCC2CCC3OC4CCC5CCC(O)CC5C4C(C4CC5CCC6CCCC7CCC(C4)C5C67)C3C2C1. The van der Waals surface area contributed by atoms with E-state index >= 15 is 0 Å². The smallest absolute Gasteiger partial charge is 0.0612 e. The standard InChI is InChI=1S/C37H58O3/c38-27-12-8-20-10-14-31-36(29(20)18-27)35(37-30-19-28(39)13-9-21(30)11-15-32(37)40-31)26-16-24-6-4-22-2-1-3-23-5-7-25(17-26)34(24)33(22)23/h20-39H,1-19H2. The van der Waals surface area contributed by atoms with Crippen LogP contribution in [0.2, 0.25) is 0 Å². The van der Waals surface area contributed by atoms with E-state index in [-0.39, 0.29) is 12.2 Å². The molecule has 8 saturated carbocycles. The van der Waals surface area contributed by atoms with E-state index in [2.05, 4.69) is 0 Å². The van der Waals surface area contributed by atoms with Crippen LogP contribution in [-0.2, 0) is 4.74 Å². The molecular formula is C37H58O3. The maximum absolute atomic E-state index is 11.0. The van der Waals surface area contributed by atoms with E-state index in [9.17, 15) is 10.2 Å². The molecule has 2 N–H and O–H groups in total. The Labute approximate surface area is 244 Å². The first-order valence-corrected chi connectivity index (χ1v) is 18.6. The zero-order valence-electron chi connectivity index (χ0n) is 25.1. The summed E-state index contributed by atoms with van der Waals surface area (Å²) >= 11 is 0. The van der Waals surface area contributed by atoms with E-state index in [1.807, 2.05) is 0 Å². The van der Waals surface area contributed by atoms with E-state index in [1.165, 1.54) is 70.6 Å². The molecule has 9 rings (SSSR count). The summed E-state index contributed by atoms with van der Waals surface area (Å²) in [6, 6.07) is 0. The second kappa shape index (κ2) is 10.2. The van der Waals surface area contributed by atoms with Gasteiger partial charge in [-0.2, -0.15) is 0 Å². The summed E-state index contributed by atoms with van der Waals surface area (Å²) in [5.74, 6) is 12.3. The molecule has 8 aliphatic carbocycles. The van der Waals surface area contributed by atoms with Crippen molar-refractivity contribution in [2.75, 3.05) is 0 Å². The van der Waals surface area contributed by atoms with E-state index in [0.717, 1.165) is 84.9 Å². The third-order valence-electron chi connectivity index (χ3n) is 16.1. The Balaban J connectivity index is 1.09. The van der Waals surface area contributed by atoms with E-state index in [4.69, 9.17) is 4.74 Å². The van der Waals surface area contributed by atoms with Gasteiger partial charge in [0, 0.05) is 0 Å². The van der Waals surface area contributed by atoms with Crippen molar-refractivity contribution < 1.29 is 14.9 Å². The van der Waals surface area contributed by atoms with Crippen LogP contribution in [-0.4, -0.2) is 34.6 Å².